The Bertz CT molecular complexity index is 461. The summed E-state index contributed by atoms with van der Waals surface area (Å²) in [6.07, 6.45) is 4.14. The van der Waals surface area contributed by atoms with Crippen LogP contribution < -0.4 is 0 Å². The van der Waals surface area contributed by atoms with Crippen molar-refractivity contribution < 1.29 is 0 Å². The van der Waals surface area contributed by atoms with E-state index in [0.717, 1.165) is 5.92 Å². The molecule has 1 aromatic rings. The van der Waals surface area contributed by atoms with Gasteiger partial charge < -0.3 is 0 Å². The minimum Gasteiger partial charge on any atom is -0.119 e. The van der Waals surface area contributed by atoms with E-state index in [0.29, 0.717) is 10.2 Å². The van der Waals surface area contributed by atoms with Crippen molar-refractivity contribution in [3.05, 3.63) is 29.3 Å². The minimum absolute atomic E-state index is 0.441. The Hall–Kier alpha value is -0.430. The van der Waals surface area contributed by atoms with Gasteiger partial charge in [-0.05, 0) is 49.3 Å². The van der Waals surface area contributed by atoms with Crippen molar-refractivity contribution in [3.8, 4) is 0 Å². The number of thioether (sulfide) groups is 1. The van der Waals surface area contributed by atoms with Crippen LogP contribution in [0.1, 0.15) is 57.1 Å². The van der Waals surface area contributed by atoms with Crippen LogP contribution in [-0.2, 0) is 0 Å². The maximum atomic E-state index is 2.49. The Balaban J connectivity index is 2.19. The van der Waals surface area contributed by atoms with Gasteiger partial charge >= 0.3 is 0 Å². The molecule has 92 valence electrons. The lowest BCUT2D eigenvalue weighted by Gasteiger charge is -2.47. The molecule has 1 saturated carbocycles. The summed E-state index contributed by atoms with van der Waals surface area (Å²) < 4.78 is 0.441. The van der Waals surface area contributed by atoms with E-state index in [4.69, 9.17) is 0 Å². The van der Waals surface area contributed by atoms with E-state index in [9.17, 15) is 0 Å². The molecule has 0 N–H and O–H groups in total. The van der Waals surface area contributed by atoms with Crippen molar-refractivity contribution in [2.24, 2.45) is 5.41 Å². The van der Waals surface area contributed by atoms with Gasteiger partial charge in [-0.2, -0.15) is 0 Å². The van der Waals surface area contributed by atoms with Crippen LogP contribution in [0.3, 0.4) is 0 Å². The zero-order valence-electron chi connectivity index (χ0n) is 11.3. The van der Waals surface area contributed by atoms with Crippen LogP contribution in [0.25, 0.3) is 0 Å². The molecule has 1 fully saturated rings. The molecule has 1 aliphatic carbocycles. The number of rotatable bonds is 0. The van der Waals surface area contributed by atoms with E-state index in [2.05, 4.69) is 57.7 Å². The standard InChI is InChI=1S/C16H22S/c1-11-7-5-8-12-13(11)14-15(2,3)9-6-10-16(14,4)17-12/h5,7-8,14H,6,9-10H2,1-4H3/t14-,16+/m0/s1. The number of aryl methyl sites for hydroxylation is 1. The molecule has 0 aromatic heterocycles. The molecule has 0 nitrogen and oxygen atoms in total. The summed E-state index contributed by atoms with van der Waals surface area (Å²) in [7, 11) is 0. The molecular weight excluding hydrogens is 224 g/mol. The molecule has 3 rings (SSSR count). The highest BCUT2D eigenvalue weighted by Gasteiger charge is 2.52. The molecule has 0 unspecified atom stereocenters. The van der Waals surface area contributed by atoms with E-state index in [-0.39, 0.29) is 0 Å². The SMILES string of the molecule is Cc1cccc2c1[C@H]1C(C)(C)CCC[C@@]1(C)S2. The van der Waals surface area contributed by atoms with Crippen LogP contribution in [0, 0.1) is 12.3 Å². The summed E-state index contributed by atoms with van der Waals surface area (Å²) in [5, 5.41) is 0. The lowest BCUT2D eigenvalue weighted by molar-refractivity contribution is 0.168. The summed E-state index contributed by atoms with van der Waals surface area (Å²) in [4.78, 5) is 1.55. The molecule has 1 aromatic carbocycles. The lowest BCUT2D eigenvalue weighted by Crippen LogP contribution is -2.40. The molecule has 1 heterocycles. The average molecular weight is 246 g/mol. The Labute approximate surface area is 109 Å². The van der Waals surface area contributed by atoms with Gasteiger partial charge in [-0.15, -0.1) is 11.8 Å². The quantitative estimate of drug-likeness (QED) is 0.610. The van der Waals surface area contributed by atoms with E-state index < -0.39 is 0 Å². The summed E-state index contributed by atoms with van der Waals surface area (Å²) in [5.74, 6) is 0.741. The molecule has 17 heavy (non-hydrogen) atoms. The van der Waals surface area contributed by atoms with Crippen molar-refractivity contribution in [1.29, 1.82) is 0 Å². The number of hydrogen-bond acceptors (Lipinski definition) is 1. The second-order valence-electron chi connectivity index (χ2n) is 6.68. The first kappa shape index (κ1) is 11.6. The van der Waals surface area contributed by atoms with Gasteiger partial charge in [0.15, 0.2) is 0 Å². The molecule has 2 atom stereocenters. The number of hydrogen-bond donors (Lipinski definition) is 0. The fourth-order valence-electron chi connectivity index (χ4n) is 4.18. The maximum absolute atomic E-state index is 2.49. The second kappa shape index (κ2) is 3.54. The van der Waals surface area contributed by atoms with Gasteiger partial charge in [0.2, 0.25) is 0 Å². The smallest absolute Gasteiger partial charge is 0.0253 e. The summed E-state index contributed by atoms with van der Waals surface area (Å²) in [5.41, 5.74) is 3.61. The zero-order valence-corrected chi connectivity index (χ0v) is 12.2. The maximum Gasteiger partial charge on any atom is 0.0253 e. The zero-order chi connectivity index (χ0) is 12.3. The van der Waals surface area contributed by atoms with Crippen LogP contribution in [0.15, 0.2) is 23.1 Å². The normalized spacial score (nSPS) is 34.2. The monoisotopic (exact) mass is 246 g/mol. The van der Waals surface area contributed by atoms with Gasteiger partial charge in [0.05, 0.1) is 0 Å². The second-order valence-corrected chi connectivity index (χ2v) is 8.25. The highest BCUT2D eigenvalue weighted by molar-refractivity contribution is 8.01. The van der Waals surface area contributed by atoms with Gasteiger partial charge in [0.1, 0.15) is 0 Å². The Morgan fingerprint density at radius 3 is 2.71 bits per heavy atom. The predicted octanol–water partition coefficient (Wildman–Crippen LogP) is 5.15. The third-order valence-electron chi connectivity index (χ3n) is 4.80. The van der Waals surface area contributed by atoms with Crippen LogP contribution in [0.4, 0.5) is 0 Å². The first-order chi connectivity index (χ1) is 7.94. The Morgan fingerprint density at radius 1 is 1.18 bits per heavy atom. The fourth-order valence-corrected chi connectivity index (χ4v) is 6.02. The van der Waals surface area contributed by atoms with Crippen molar-refractivity contribution in [3.63, 3.8) is 0 Å². The highest BCUT2D eigenvalue weighted by Crippen LogP contribution is 2.65. The van der Waals surface area contributed by atoms with Gasteiger partial charge in [-0.1, -0.05) is 32.4 Å². The summed E-state index contributed by atoms with van der Waals surface area (Å²) in [6, 6.07) is 6.83. The first-order valence-corrected chi connectivity index (χ1v) is 7.54. The molecule has 0 bridgehead atoms. The van der Waals surface area contributed by atoms with Crippen LogP contribution in [-0.4, -0.2) is 4.75 Å². The Kier molecular flexibility index (Phi) is 2.42. The molecule has 0 amide bonds. The molecule has 1 heteroatoms. The third kappa shape index (κ3) is 1.58. The van der Waals surface area contributed by atoms with E-state index in [1.54, 1.807) is 10.5 Å². The summed E-state index contributed by atoms with van der Waals surface area (Å²) >= 11 is 2.14. The van der Waals surface area contributed by atoms with Crippen LogP contribution in [0.2, 0.25) is 0 Å². The van der Waals surface area contributed by atoms with Crippen molar-refractivity contribution in [2.75, 3.05) is 0 Å². The van der Waals surface area contributed by atoms with E-state index >= 15 is 0 Å². The van der Waals surface area contributed by atoms with Crippen LogP contribution in [0.5, 0.6) is 0 Å². The third-order valence-corrected chi connectivity index (χ3v) is 6.28. The number of fused-ring (bicyclic) bond motifs is 3. The van der Waals surface area contributed by atoms with Gasteiger partial charge in [0.25, 0.3) is 0 Å². The van der Waals surface area contributed by atoms with Gasteiger partial charge in [0, 0.05) is 15.6 Å². The molecule has 0 radical (unpaired) electrons. The molecule has 0 saturated heterocycles. The van der Waals surface area contributed by atoms with Gasteiger partial charge in [-0.25, -0.2) is 0 Å². The van der Waals surface area contributed by atoms with Gasteiger partial charge in [-0.3, -0.25) is 0 Å². The molecule has 2 aliphatic rings. The van der Waals surface area contributed by atoms with Crippen molar-refractivity contribution in [2.45, 2.75) is 62.5 Å². The highest BCUT2D eigenvalue weighted by atomic mass is 32.2. The topological polar surface area (TPSA) is 0 Å². The van der Waals surface area contributed by atoms with E-state index in [1.807, 2.05) is 0 Å². The predicted molar refractivity (Wildman–Crippen MR) is 75.8 cm³/mol. The van der Waals surface area contributed by atoms with E-state index in [1.165, 1.54) is 24.8 Å². The fraction of sp³-hybridized carbons (Fsp3) is 0.625. The largest absolute Gasteiger partial charge is 0.119 e. The molecular formula is C16H22S. The molecule has 0 spiro atoms. The molecule has 1 aliphatic heterocycles. The Morgan fingerprint density at radius 2 is 1.94 bits per heavy atom. The first-order valence-electron chi connectivity index (χ1n) is 6.73. The summed E-state index contributed by atoms with van der Waals surface area (Å²) in [6.45, 7) is 9.72. The van der Waals surface area contributed by atoms with Crippen molar-refractivity contribution >= 4 is 11.8 Å². The minimum atomic E-state index is 0.441. The van der Waals surface area contributed by atoms with Crippen LogP contribution >= 0.6 is 11.8 Å². The number of benzene rings is 1. The lowest BCUT2D eigenvalue weighted by atomic mass is 9.61. The average Bonchev–Trinajstić information content (AvgIpc) is 2.52. The van der Waals surface area contributed by atoms with Crippen molar-refractivity contribution in [1.82, 2.24) is 0 Å².